The number of rotatable bonds is 2. The van der Waals surface area contributed by atoms with Crippen molar-refractivity contribution in [1.29, 1.82) is 0 Å². The Kier molecular flexibility index (Phi) is 82.3. The van der Waals surface area contributed by atoms with Crippen LogP contribution in [0.5, 0.6) is 0 Å². The first-order valence-electron chi connectivity index (χ1n) is 29.3. The molecule has 0 saturated heterocycles. The third-order valence-electron chi connectivity index (χ3n) is 11.0. The summed E-state index contributed by atoms with van der Waals surface area (Å²) in [6, 6.07) is 27.5. The molecule has 0 aliphatic heterocycles. The fraction of sp³-hybridized carbons (Fsp3) is 0.701. The summed E-state index contributed by atoms with van der Waals surface area (Å²) in [5.74, 6) is 4.13. The molecular weight excluding hydrogens is 989 g/mol. The van der Waals surface area contributed by atoms with Crippen LogP contribution in [0, 0.1) is 57.3 Å². The molecule has 0 heterocycles. The van der Waals surface area contributed by atoms with Crippen LogP contribution in [0.3, 0.4) is 0 Å². The number of hydrogen-bond donors (Lipinski definition) is 0. The van der Waals surface area contributed by atoms with Crippen molar-refractivity contribution < 1.29 is 21.1 Å². The zero-order chi connectivity index (χ0) is 52.4. The summed E-state index contributed by atoms with van der Waals surface area (Å²) in [6.07, 6.45) is 36.1. The van der Waals surface area contributed by atoms with Crippen LogP contribution in [0.1, 0.15) is 283 Å². The molecule has 1 heteroatoms. The molecule has 68 heavy (non-hydrogen) atoms. The van der Waals surface area contributed by atoms with Crippen molar-refractivity contribution >= 4 is 0 Å². The summed E-state index contributed by atoms with van der Waals surface area (Å²) in [4.78, 5) is 0. The van der Waals surface area contributed by atoms with Gasteiger partial charge in [0, 0.05) is 0 Å². The smallest absolute Gasteiger partial charge is 0.328 e. The van der Waals surface area contributed by atoms with Gasteiger partial charge in [0.25, 0.3) is 0 Å². The normalized spacial score (nSPS) is 14.7. The first-order chi connectivity index (χ1) is 32.5. The fourth-order valence-corrected chi connectivity index (χ4v) is 7.12. The van der Waals surface area contributed by atoms with Crippen molar-refractivity contribution in [2.24, 2.45) is 23.7 Å². The quantitative estimate of drug-likeness (QED) is 0.224. The number of aryl methyl sites for hydroxylation is 3. The van der Waals surface area contributed by atoms with E-state index in [0.29, 0.717) is 0 Å². The van der Waals surface area contributed by atoms with Crippen LogP contribution in [0.2, 0.25) is 0 Å². The van der Waals surface area contributed by atoms with E-state index in [0.717, 1.165) is 23.7 Å². The third-order valence-corrected chi connectivity index (χ3v) is 11.0. The van der Waals surface area contributed by atoms with Crippen LogP contribution < -0.4 is 0 Å². The predicted octanol–water partition coefficient (Wildman–Crippen LogP) is 24.7. The summed E-state index contributed by atoms with van der Waals surface area (Å²) in [7, 11) is 0. The minimum atomic E-state index is 0. The fourth-order valence-electron chi connectivity index (χ4n) is 7.12. The molecular formula is C67H126W. The zero-order valence-corrected chi connectivity index (χ0v) is 53.4. The second-order valence-electron chi connectivity index (χ2n) is 18.3. The van der Waals surface area contributed by atoms with Gasteiger partial charge in [-0.1, -0.05) is 336 Å². The molecule has 0 nitrogen and oxygen atoms in total. The standard InChI is InChI=1S/C14H14.C8H16.C7H14.2C7H13.C7H8.3C3H8.4C2H6.W/c1-11-3-7-13(8-4-11)14-9-5-12(2)6-10-14;1-2-8-6-4-3-5-7-8;4*1-7-5-3-2-4-6-7;3*1-3-2;4*1-2;/h3-10H,1-2H3;8H,2-7H2,1H3;7H,2-6H2,1H3;2*2,7H,3-6H2,1H3;2-6H,1H3;3*3H2,1-2H3;4*1-2H3;/q;;;2*-1;;;;;;;;;+2. The van der Waals surface area contributed by atoms with Crippen molar-refractivity contribution in [1.82, 2.24) is 0 Å². The molecule has 4 aliphatic rings. The van der Waals surface area contributed by atoms with Crippen molar-refractivity contribution in [2.75, 3.05) is 0 Å². The summed E-state index contributed by atoms with van der Waals surface area (Å²) in [5, 5.41) is 0. The van der Waals surface area contributed by atoms with Crippen molar-refractivity contribution in [3.05, 3.63) is 108 Å². The zero-order valence-electron chi connectivity index (χ0n) is 50.4. The Labute approximate surface area is 448 Å². The van der Waals surface area contributed by atoms with Crippen molar-refractivity contribution in [3.8, 4) is 11.1 Å². The van der Waals surface area contributed by atoms with Gasteiger partial charge in [-0.05, 0) is 55.6 Å². The first kappa shape index (κ1) is 80.4. The number of benzene rings is 3. The largest absolute Gasteiger partial charge is 2.00 e. The molecule has 4 aliphatic carbocycles. The van der Waals surface area contributed by atoms with Crippen LogP contribution >= 0.6 is 0 Å². The molecule has 0 bridgehead atoms. The van der Waals surface area contributed by atoms with Gasteiger partial charge < -0.3 is 12.8 Å². The average molecular weight is 1120 g/mol. The Morgan fingerprint density at radius 1 is 0.353 bits per heavy atom. The summed E-state index contributed by atoms with van der Waals surface area (Å²) in [5.41, 5.74) is 6.51. The molecule has 0 unspecified atom stereocenters. The van der Waals surface area contributed by atoms with Gasteiger partial charge in [-0.3, -0.25) is 0 Å². The van der Waals surface area contributed by atoms with Gasteiger partial charge in [-0.15, -0.1) is 0 Å². The Bertz CT molecular complexity index is 1100. The van der Waals surface area contributed by atoms with E-state index in [4.69, 9.17) is 0 Å². The molecule has 0 atom stereocenters. The van der Waals surface area contributed by atoms with E-state index < -0.39 is 0 Å². The third kappa shape index (κ3) is 62.4. The predicted molar refractivity (Wildman–Crippen MR) is 319 cm³/mol. The van der Waals surface area contributed by atoms with Gasteiger partial charge in [-0.2, -0.15) is 25.7 Å². The molecule has 3 aromatic carbocycles. The second-order valence-corrected chi connectivity index (χ2v) is 18.3. The minimum absolute atomic E-state index is 0. The van der Waals surface area contributed by atoms with Crippen LogP contribution in [0.15, 0.2) is 78.9 Å². The van der Waals surface area contributed by atoms with Crippen LogP contribution in [0.4, 0.5) is 0 Å². The average Bonchev–Trinajstić information content (AvgIpc) is 3.38. The SMILES string of the molecule is CC.CC.CC.CC.CC1CCCCC1.CC1CC[CH-]CC1.CC1CC[CH-]CC1.CCC.CCC.CCC.CCC1CCCCC1.Cc1ccc(-c2ccc(C)cc2)cc1.Cc1ccccc1.[W+2]. The maximum Gasteiger partial charge on any atom is 2.00 e. The molecule has 7 rings (SSSR count). The van der Waals surface area contributed by atoms with Gasteiger partial charge in [0.1, 0.15) is 0 Å². The van der Waals surface area contributed by atoms with E-state index >= 15 is 0 Å². The minimum Gasteiger partial charge on any atom is -0.328 e. The van der Waals surface area contributed by atoms with E-state index in [9.17, 15) is 0 Å². The summed E-state index contributed by atoms with van der Waals surface area (Å²) >= 11 is 0. The molecule has 0 amide bonds. The molecule has 0 spiro atoms. The van der Waals surface area contributed by atoms with E-state index in [1.807, 2.05) is 73.6 Å². The maximum absolute atomic E-state index is 2.40. The van der Waals surface area contributed by atoms with E-state index in [1.54, 1.807) is 0 Å². The Morgan fingerprint density at radius 2 is 0.603 bits per heavy atom. The van der Waals surface area contributed by atoms with E-state index in [1.165, 1.54) is 169 Å². The second kappa shape index (κ2) is 69.6. The molecule has 4 fully saturated rings. The first-order valence-corrected chi connectivity index (χ1v) is 29.3. The molecule has 0 aromatic heterocycles. The van der Waals surface area contributed by atoms with E-state index in [2.05, 4.69) is 164 Å². The monoisotopic (exact) mass is 1110 g/mol. The molecule has 4 saturated carbocycles. The van der Waals surface area contributed by atoms with Gasteiger partial charge in [0.2, 0.25) is 0 Å². The van der Waals surface area contributed by atoms with Gasteiger partial charge in [0.15, 0.2) is 0 Å². The van der Waals surface area contributed by atoms with Gasteiger partial charge >= 0.3 is 21.1 Å². The Balaban J connectivity index is -0.000000125. The molecule has 0 radical (unpaired) electrons. The molecule has 3 aromatic rings. The van der Waals surface area contributed by atoms with Crippen LogP contribution in [-0.2, 0) is 21.1 Å². The molecule has 0 N–H and O–H groups in total. The van der Waals surface area contributed by atoms with Crippen molar-refractivity contribution in [3.63, 3.8) is 0 Å². The maximum atomic E-state index is 2.40. The van der Waals surface area contributed by atoms with Gasteiger partial charge in [-0.25, -0.2) is 0 Å². The van der Waals surface area contributed by atoms with Crippen molar-refractivity contribution in [2.45, 2.75) is 287 Å². The van der Waals surface area contributed by atoms with Crippen LogP contribution in [-0.4, -0.2) is 0 Å². The Hall–Kier alpha value is -1.65. The van der Waals surface area contributed by atoms with Crippen LogP contribution in [0.25, 0.3) is 11.1 Å². The summed E-state index contributed by atoms with van der Waals surface area (Å²) in [6.45, 7) is 44.4. The summed E-state index contributed by atoms with van der Waals surface area (Å²) < 4.78 is 0. The van der Waals surface area contributed by atoms with Gasteiger partial charge in [0.05, 0.1) is 0 Å². The molecule has 400 valence electrons. The van der Waals surface area contributed by atoms with E-state index in [-0.39, 0.29) is 21.1 Å². The topological polar surface area (TPSA) is 0 Å². The Morgan fingerprint density at radius 3 is 0.779 bits per heavy atom. The number of hydrogen-bond acceptors (Lipinski definition) is 0.